The van der Waals surface area contributed by atoms with Crippen molar-refractivity contribution >= 4 is 22.7 Å². The van der Waals surface area contributed by atoms with Crippen LogP contribution >= 0.6 is 0 Å². The molecule has 2 N–H and O–H groups in total. The van der Waals surface area contributed by atoms with Crippen LogP contribution in [-0.4, -0.2) is 30.5 Å². The Morgan fingerprint density at radius 1 is 1.36 bits per heavy atom. The van der Waals surface area contributed by atoms with Crippen molar-refractivity contribution in [2.75, 3.05) is 0 Å². The monoisotopic (exact) mass is 338 g/mol. The Morgan fingerprint density at radius 2 is 2.20 bits per heavy atom. The topological polar surface area (TPSA) is 118 Å². The molecule has 25 heavy (non-hydrogen) atoms. The van der Waals surface area contributed by atoms with Crippen LogP contribution in [0.2, 0.25) is 0 Å². The van der Waals surface area contributed by atoms with Crippen LogP contribution in [0.5, 0.6) is 0 Å². The minimum Gasteiger partial charge on any atom is -0.442 e. The van der Waals surface area contributed by atoms with Crippen molar-refractivity contribution in [3.8, 4) is 0 Å². The van der Waals surface area contributed by atoms with Crippen LogP contribution in [0, 0.1) is 6.92 Å². The van der Waals surface area contributed by atoms with Crippen LogP contribution in [0.3, 0.4) is 0 Å². The number of aromatic amines is 1. The molecule has 4 aromatic heterocycles. The van der Waals surface area contributed by atoms with E-state index in [1.807, 2.05) is 24.4 Å². The predicted octanol–water partition coefficient (Wildman–Crippen LogP) is 1.36. The van der Waals surface area contributed by atoms with Gasteiger partial charge in [0.05, 0.1) is 17.9 Å². The van der Waals surface area contributed by atoms with E-state index in [0.717, 1.165) is 0 Å². The first-order valence-corrected chi connectivity index (χ1v) is 7.63. The average Bonchev–Trinajstić information content (AvgIpc) is 3.16. The number of hydrogen-bond donors (Lipinski definition) is 2. The van der Waals surface area contributed by atoms with Gasteiger partial charge in [0.1, 0.15) is 11.1 Å². The summed E-state index contributed by atoms with van der Waals surface area (Å²) in [7, 11) is 0. The van der Waals surface area contributed by atoms with Gasteiger partial charge < -0.3 is 14.7 Å². The van der Waals surface area contributed by atoms with Crippen molar-refractivity contribution in [2.45, 2.75) is 19.9 Å². The second-order valence-electron chi connectivity index (χ2n) is 5.63. The third kappa shape index (κ3) is 2.36. The summed E-state index contributed by atoms with van der Waals surface area (Å²) in [6.07, 6.45) is 3.06. The molecule has 0 aliphatic carbocycles. The van der Waals surface area contributed by atoms with E-state index >= 15 is 0 Å². The Kier molecular flexibility index (Phi) is 3.34. The van der Waals surface area contributed by atoms with Crippen molar-refractivity contribution < 1.29 is 9.21 Å². The lowest BCUT2D eigenvalue weighted by Crippen LogP contribution is -2.29. The third-order valence-corrected chi connectivity index (χ3v) is 3.97. The van der Waals surface area contributed by atoms with Gasteiger partial charge in [0.15, 0.2) is 11.5 Å². The molecule has 0 fully saturated rings. The van der Waals surface area contributed by atoms with Crippen LogP contribution in [0.25, 0.3) is 16.7 Å². The summed E-state index contributed by atoms with van der Waals surface area (Å²) in [4.78, 5) is 31.2. The van der Waals surface area contributed by atoms with Crippen LogP contribution < -0.4 is 10.9 Å². The lowest BCUT2D eigenvalue weighted by atomic mass is 10.1. The molecule has 0 saturated carbocycles. The first-order valence-electron chi connectivity index (χ1n) is 7.63. The van der Waals surface area contributed by atoms with Gasteiger partial charge in [-0.1, -0.05) is 6.07 Å². The zero-order chi connectivity index (χ0) is 17.6. The molecule has 4 rings (SSSR count). The highest BCUT2D eigenvalue weighted by Crippen LogP contribution is 2.21. The summed E-state index contributed by atoms with van der Waals surface area (Å²) >= 11 is 0. The van der Waals surface area contributed by atoms with Crippen molar-refractivity contribution in [1.82, 2.24) is 29.9 Å². The number of pyridine rings is 1. The molecule has 0 spiro atoms. The number of aromatic nitrogens is 5. The van der Waals surface area contributed by atoms with Crippen LogP contribution in [0.15, 0.2) is 39.9 Å². The lowest BCUT2D eigenvalue weighted by molar-refractivity contribution is 0.0938. The summed E-state index contributed by atoms with van der Waals surface area (Å²) in [5.74, 6) is 0.478. The summed E-state index contributed by atoms with van der Waals surface area (Å²) < 4.78 is 7.21. The number of nitrogens with one attached hydrogen (secondary N) is 2. The Morgan fingerprint density at radius 3 is 3.04 bits per heavy atom. The number of aryl methyl sites for hydroxylation is 1. The molecule has 1 amide bonds. The Balaban J connectivity index is 1.71. The molecule has 4 heterocycles. The van der Waals surface area contributed by atoms with Gasteiger partial charge in [0, 0.05) is 6.20 Å². The molecule has 0 saturated heterocycles. The maximum Gasteiger partial charge on any atom is 0.262 e. The maximum atomic E-state index is 12.7. The van der Waals surface area contributed by atoms with Crippen LogP contribution in [0.4, 0.5) is 0 Å². The molecule has 1 atom stereocenters. The number of furan rings is 1. The van der Waals surface area contributed by atoms with E-state index in [1.54, 1.807) is 18.2 Å². The highest BCUT2D eigenvalue weighted by Gasteiger charge is 2.24. The number of amides is 1. The molecule has 126 valence electrons. The lowest BCUT2D eigenvalue weighted by Gasteiger charge is -2.12. The van der Waals surface area contributed by atoms with E-state index in [4.69, 9.17) is 4.42 Å². The number of carbonyl (C=O) groups is 1. The molecule has 0 aliphatic rings. The fourth-order valence-electron chi connectivity index (χ4n) is 2.82. The van der Waals surface area contributed by atoms with Crippen molar-refractivity contribution in [3.05, 3.63) is 58.2 Å². The number of fused-ring (bicyclic) bond motifs is 2. The number of rotatable bonds is 3. The molecule has 9 heteroatoms. The van der Waals surface area contributed by atoms with Gasteiger partial charge in [-0.15, -0.1) is 10.2 Å². The summed E-state index contributed by atoms with van der Waals surface area (Å²) in [6, 6.07) is 5.11. The van der Waals surface area contributed by atoms with Gasteiger partial charge >= 0.3 is 0 Å². The number of hydrogen-bond acceptors (Lipinski definition) is 6. The molecule has 0 aliphatic heterocycles. The number of carbonyl (C=O) groups excluding carboxylic acids is 1. The molecule has 4 aromatic rings. The molecule has 0 bridgehead atoms. The SMILES string of the molecule is Cc1oc2nc[nH]c(=O)c2c1C(=O)NC(C)c1nnc2ccccn12. The van der Waals surface area contributed by atoms with E-state index in [2.05, 4.69) is 25.5 Å². The fourth-order valence-corrected chi connectivity index (χ4v) is 2.82. The Bertz CT molecular complexity index is 1160. The van der Waals surface area contributed by atoms with E-state index in [-0.39, 0.29) is 16.7 Å². The Hall–Kier alpha value is -3.49. The Labute approximate surface area is 140 Å². The zero-order valence-corrected chi connectivity index (χ0v) is 13.5. The molecule has 0 aromatic carbocycles. The highest BCUT2D eigenvalue weighted by molar-refractivity contribution is 6.06. The van der Waals surface area contributed by atoms with E-state index in [9.17, 15) is 9.59 Å². The standard InChI is InChI=1S/C16H14N6O3/c1-8(13-21-20-10-5-3-4-6-22(10)13)19-15(24)11-9(2)25-16-12(11)14(23)17-7-18-16/h3-8H,1-2H3,(H,19,24)(H,17,18,23). The van der Waals surface area contributed by atoms with Crippen molar-refractivity contribution in [1.29, 1.82) is 0 Å². The van der Waals surface area contributed by atoms with Gasteiger partial charge in [-0.2, -0.15) is 0 Å². The van der Waals surface area contributed by atoms with Gasteiger partial charge in [0.2, 0.25) is 5.71 Å². The summed E-state index contributed by atoms with van der Waals surface area (Å²) in [5.41, 5.74) is 0.564. The molecular weight excluding hydrogens is 324 g/mol. The second-order valence-corrected chi connectivity index (χ2v) is 5.63. The third-order valence-electron chi connectivity index (χ3n) is 3.97. The van der Waals surface area contributed by atoms with E-state index in [0.29, 0.717) is 17.2 Å². The second kappa shape index (κ2) is 5.55. The largest absolute Gasteiger partial charge is 0.442 e. The van der Waals surface area contributed by atoms with Gasteiger partial charge in [0.25, 0.3) is 11.5 Å². The normalized spacial score (nSPS) is 12.6. The average molecular weight is 338 g/mol. The molecule has 1 unspecified atom stereocenters. The van der Waals surface area contributed by atoms with Crippen molar-refractivity contribution in [3.63, 3.8) is 0 Å². The smallest absolute Gasteiger partial charge is 0.262 e. The highest BCUT2D eigenvalue weighted by atomic mass is 16.3. The quantitative estimate of drug-likeness (QED) is 0.582. The van der Waals surface area contributed by atoms with Crippen LogP contribution in [-0.2, 0) is 0 Å². The zero-order valence-electron chi connectivity index (χ0n) is 13.5. The number of H-pyrrole nitrogens is 1. The van der Waals surface area contributed by atoms with E-state index < -0.39 is 17.5 Å². The van der Waals surface area contributed by atoms with E-state index in [1.165, 1.54) is 6.33 Å². The summed E-state index contributed by atoms with van der Waals surface area (Å²) in [5, 5.41) is 11.2. The maximum absolute atomic E-state index is 12.7. The fraction of sp³-hybridized carbons (Fsp3) is 0.188. The molecule has 0 radical (unpaired) electrons. The first-order chi connectivity index (χ1) is 12.1. The van der Waals surface area contributed by atoms with Gasteiger partial charge in [-0.3, -0.25) is 14.0 Å². The minimum absolute atomic E-state index is 0.131. The first kappa shape index (κ1) is 15.1. The predicted molar refractivity (Wildman–Crippen MR) is 88.2 cm³/mol. The van der Waals surface area contributed by atoms with Gasteiger partial charge in [-0.25, -0.2) is 4.98 Å². The number of nitrogens with zero attached hydrogens (tertiary/aromatic N) is 4. The minimum atomic E-state index is -0.435. The van der Waals surface area contributed by atoms with Gasteiger partial charge in [-0.05, 0) is 26.0 Å². The van der Waals surface area contributed by atoms with Crippen LogP contribution in [0.1, 0.15) is 34.9 Å². The van der Waals surface area contributed by atoms with Crippen molar-refractivity contribution in [2.24, 2.45) is 0 Å². The molecular formula is C16H14N6O3. The molecule has 9 nitrogen and oxygen atoms in total. The summed E-state index contributed by atoms with van der Waals surface area (Å²) in [6.45, 7) is 3.41.